The third-order valence-corrected chi connectivity index (χ3v) is 5.62. The Labute approximate surface area is 134 Å². The number of rotatable bonds is 3. The van der Waals surface area contributed by atoms with Crippen LogP contribution in [0.3, 0.4) is 0 Å². The fourth-order valence-electron chi connectivity index (χ4n) is 1.88. The minimum atomic E-state index is -0.286. The quantitative estimate of drug-likeness (QED) is 0.548. The molecule has 1 N–H and O–H groups in total. The number of thiophene rings is 2. The molecule has 0 aliphatic rings. The lowest BCUT2D eigenvalue weighted by molar-refractivity contribution is 0.0959. The zero-order chi connectivity index (χ0) is 14.8. The van der Waals surface area contributed by atoms with Crippen LogP contribution in [0.15, 0.2) is 40.8 Å². The van der Waals surface area contributed by atoms with Crippen molar-refractivity contribution in [3.8, 4) is 0 Å². The summed E-state index contributed by atoms with van der Waals surface area (Å²) in [5, 5.41) is 7.36. The molecular formula is C15H11ClN2OS2. The van der Waals surface area contributed by atoms with Crippen LogP contribution in [0.2, 0.25) is 5.02 Å². The molecule has 2 heterocycles. The molecule has 106 valence electrons. The van der Waals surface area contributed by atoms with Gasteiger partial charge < -0.3 is 0 Å². The maximum absolute atomic E-state index is 12.2. The second-order valence-corrected chi connectivity index (χ2v) is 6.79. The molecule has 3 nitrogen and oxygen atoms in total. The van der Waals surface area contributed by atoms with Crippen LogP contribution in [-0.4, -0.2) is 12.1 Å². The summed E-state index contributed by atoms with van der Waals surface area (Å²) < 4.78 is 0.991. The van der Waals surface area contributed by atoms with Crippen molar-refractivity contribution in [1.29, 1.82) is 0 Å². The van der Waals surface area contributed by atoms with Gasteiger partial charge in [0.2, 0.25) is 0 Å². The van der Waals surface area contributed by atoms with Crippen LogP contribution >= 0.6 is 34.3 Å². The van der Waals surface area contributed by atoms with Crippen LogP contribution in [-0.2, 0) is 0 Å². The van der Waals surface area contributed by atoms with E-state index in [2.05, 4.69) is 10.5 Å². The molecular weight excluding hydrogens is 324 g/mol. The summed E-state index contributed by atoms with van der Waals surface area (Å²) in [7, 11) is 0. The number of hydrogen-bond acceptors (Lipinski definition) is 4. The molecule has 0 atom stereocenters. The number of aryl methyl sites for hydroxylation is 1. The van der Waals surface area contributed by atoms with Crippen molar-refractivity contribution < 1.29 is 4.79 Å². The standard InChI is InChI=1S/C15H11ClN2OS2/c1-9-6-7-20-12(9)8-17-18-15(19)14-13(16)10-4-2-3-5-11(10)21-14/h2-8H,1H3,(H,18,19)/b17-8-. The maximum atomic E-state index is 12.2. The van der Waals surface area contributed by atoms with E-state index in [4.69, 9.17) is 11.6 Å². The number of hydrazone groups is 1. The summed E-state index contributed by atoms with van der Waals surface area (Å²) >= 11 is 9.20. The predicted molar refractivity (Wildman–Crippen MR) is 91.0 cm³/mol. The third-order valence-electron chi connectivity index (χ3n) is 2.99. The Bertz CT molecular complexity index is 835. The summed E-state index contributed by atoms with van der Waals surface area (Å²) in [6.45, 7) is 2.00. The highest BCUT2D eigenvalue weighted by Gasteiger charge is 2.16. The molecule has 0 saturated heterocycles. The lowest BCUT2D eigenvalue weighted by atomic mass is 10.2. The average molecular weight is 335 g/mol. The summed E-state index contributed by atoms with van der Waals surface area (Å²) in [5.74, 6) is -0.286. The molecule has 21 heavy (non-hydrogen) atoms. The van der Waals surface area contributed by atoms with Gasteiger partial charge in [0.1, 0.15) is 4.88 Å². The van der Waals surface area contributed by atoms with Gasteiger partial charge in [-0.25, -0.2) is 5.43 Å². The molecule has 0 saturated carbocycles. The predicted octanol–water partition coefficient (Wildman–Crippen LogP) is 4.69. The van der Waals surface area contributed by atoms with Crippen molar-refractivity contribution in [3.05, 3.63) is 56.1 Å². The van der Waals surface area contributed by atoms with E-state index >= 15 is 0 Å². The molecule has 1 amide bonds. The summed E-state index contributed by atoms with van der Waals surface area (Å²) in [6, 6.07) is 9.69. The minimum Gasteiger partial charge on any atom is -0.266 e. The van der Waals surface area contributed by atoms with E-state index in [1.165, 1.54) is 11.3 Å². The van der Waals surface area contributed by atoms with E-state index in [-0.39, 0.29) is 5.91 Å². The monoisotopic (exact) mass is 334 g/mol. The van der Waals surface area contributed by atoms with Gasteiger partial charge in [0, 0.05) is 15.0 Å². The van der Waals surface area contributed by atoms with Crippen LogP contribution in [0.4, 0.5) is 0 Å². The van der Waals surface area contributed by atoms with Crippen LogP contribution in [0.1, 0.15) is 20.1 Å². The number of carbonyl (C=O) groups excluding carboxylic acids is 1. The number of amides is 1. The normalized spacial score (nSPS) is 11.3. The molecule has 0 fully saturated rings. The Balaban J connectivity index is 1.80. The number of nitrogens with one attached hydrogen (secondary N) is 1. The highest BCUT2D eigenvalue weighted by atomic mass is 35.5. The van der Waals surface area contributed by atoms with E-state index < -0.39 is 0 Å². The fraction of sp³-hybridized carbons (Fsp3) is 0.0667. The molecule has 0 spiro atoms. The largest absolute Gasteiger partial charge is 0.283 e. The second kappa shape index (κ2) is 5.97. The number of nitrogens with zero attached hydrogens (tertiary/aromatic N) is 1. The Morgan fingerprint density at radius 3 is 2.86 bits per heavy atom. The summed E-state index contributed by atoms with van der Waals surface area (Å²) in [6.07, 6.45) is 1.65. The van der Waals surface area contributed by atoms with Gasteiger partial charge in [0.25, 0.3) is 5.91 Å². The third kappa shape index (κ3) is 2.85. The van der Waals surface area contributed by atoms with Crippen molar-refractivity contribution in [1.82, 2.24) is 5.43 Å². The number of carbonyl (C=O) groups is 1. The fourth-order valence-corrected chi connectivity index (χ4v) is 4.07. The first-order valence-corrected chi connectivity index (χ1v) is 8.29. The van der Waals surface area contributed by atoms with E-state index in [0.717, 1.165) is 20.5 Å². The first-order chi connectivity index (χ1) is 10.2. The first kappa shape index (κ1) is 14.3. The van der Waals surface area contributed by atoms with Crippen LogP contribution in [0, 0.1) is 6.92 Å². The Hall–Kier alpha value is -1.69. The van der Waals surface area contributed by atoms with Gasteiger partial charge >= 0.3 is 0 Å². The van der Waals surface area contributed by atoms with Gasteiger partial charge in [-0.15, -0.1) is 22.7 Å². The number of fused-ring (bicyclic) bond motifs is 1. The SMILES string of the molecule is Cc1ccsc1/C=N\NC(=O)c1sc2ccccc2c1Cl. The number of halogens is 1. The molecule has 0 radical (unpaired) electrons. The number of hydrogen-bond donors (Lipinski definition) is 1. The number of benzene rings is 1. The molecule has 6 heteroatoms. The van der Waals surface area contributed by atoms with Gasteiger partial charge in [-0.3, -0.25) is 4.79 Å². The Kier molecular flexibility index (Phi) is 4.05. The van der Waals surface area contributed by atoms with Gasteiger partial charge in [-0.05, 0) is 30.0 Å². The van der Waals surface area contributed by atoms with Crippen LogP contribution < -0.4 is 5.43 Å². The van der Waals surface area contributed by atoms with Crippen molar-refractivity contribution in [3.63, 3.8) is 0 Å². The van der Waals surface area contributed by atoms with Crippen molar-refractivity contribution in [2.45, 2.75) is 6.92 Å². The highest BCUT2D eigenvalue weighted by molar-refractivity contribution is 7.21. The Morgan fingerprint density at radius 1 is 1.33 bits per heavy atom. The van der Waals surface area contributed by atoms with Crippen LogP contribution in [0.25, 0.3) is 10.1 Å². The van der Waals surface area contributed by atoms with Gasteiger partial charge in [0.05, 0.1) is 11.2 Å². The zero-order valence-corrected chi connectivity index (χ0v) is 13.5. The molecule has 1 aromatic carbocycles. The maximum Gasteiger partial charge on any atom is 0.283 e. The summed E-state index contributed by atoms with van der Waals surface area (Å²) in [5.41, 5.74) is 3.67. The van der Waals surface area contributed by atoms with E-state index in [0.29, 0.717) is 9.90 Å². The lowest BCUT2D eigenvalue weighted by Gasteiger charge is -1.97. The lowest BCUT2D eigenvalue weighted by Crippen LogP contribution is -2.16. The topological polar surface area (TPSA) is 41.5 Å². The zero-order valence-electron chi connectivity index (χ0n) is 11.1. The molecule has 0 unspecified atom stereocenters. The molecule has 3 aromatic rings. The molecule has 3 rings (SSSR count). The van der Waals surface area contributed by atoms with E-state index in [1.54, 1.807) is 17.6 Å². The molecule has 0 bridgehead atoms. The minimum absolute atomic E-state index is 0.286. The van der Waals surface area contributed by atoms with Gasteiger partial charge in [-0.1, -0.05) is 29.8 Å². The molecule has 0 aliphatic heterocycles. The summed E-state index contributed by atoms with van der Waals surface area (Å²) in [4.78, 5) is 13.7. The smallest absolute Gasteiger partial charge is 0.266 e. The average Bonchev–Trinajstić information content (AvgIpc) is 3.04. The van der Waals surface area contributed by atoms with Crippen molar-refractivity contribution >= 4 is 56.5 Å². The van der Waals surface area contributed by atoms with Crippen molar-refractivity contribution in [2.75, 3.05) is 0 Å². The van der Waals surface area contributed by atoms with E-state index in [9.17, 15) is 4.79 Å². The second-order valence-electron chi connectivity index (χ2n) is 4.41. The van der Waals surface area contributed by atoms with Crippen molar-refractivity contribution in [2.24, 2.45) is 5.10 Å². The highest BCUT2D eigenvalue weighted by Crippen LogP contribution is 2.34. The molecule has 2 aromatic heterocycles. The Morgan fingerprint density at radius 2 is 2.14 bits per heavy atom. The molecule has 0 aliphatic carbocycles. The van der Waals surface area contributed by atoms with Crippen LogP contribution in [0.5, 0.6) is 0 Å². The van der Waals surface area contributed by atoms with E-state index in [1.807, 2.05) is 42.6 Å². The first-order valence-electron chi connectivity index (χ1n) is 6.21. The van der Waals surface area contributed by atoms with Gasteiger partial charge in [0.15, 0.2) is 0 Å². The van der Waals surface area contributed by atoms with Gasteiger partial charge in [-0.2, -0.15) is 5.10 Å².